The van der Waals surface area contributed by atoms with E-state index >= 15 is 0 Å². The van der Waals surface area contributed by atoms with Crippen LogP contribution in [0.15, 0.2) is 29.2 Å². The number of carbonyl (C=O) groups excluding carboxylic acids is 1. The maximum Gasteiger partial charge on any atom is 0.326 e. The Labute approximate surface area is 120 Å². The maximum atomic E-state index is 12.4. The summed E-state index contributed by atoms with van der Waals surface area (Å²) in [5.74, 6) is 0.0865. The lowest BCUT2D eigenvalue weighted by molar-refractivity contribution is -0.150. The molecule has 0 spiro atoms. The molecule has 20 heavy (non-hydrogen) atoms. The second-order valence-corrected chi connectivity index (χ2v) is 5.95. The summed E-state index contributed by atoms with van der Waals surface area (Å²) in [4.78, 5) is 26.1. The molecule has 2 aliphatic rings. The largest absolute Gasteiger partial charge is 0.480 e. The quantitative estimate of drug-likeness (QED) is 0.897. The minimum atomic E-state index is -0.931. The number of likely N-dealkylation sites (tertiary alicyclic amines) is 1. The van der Waals surface area contributed by atoms with Crippen LogP contribution in [0.2, 0.25) is 0 Å². The van der Waals surface area contributed by atoms with Gasteiger partial charge >= 0.3 is 5.97 Å². The second kappa shape index (κ2) is 5.36. The van der Waals surface area contributed by atoms with Crippen molar-refractivity contribution in [2.45, 2.75) is 29.9 Å². The lowest BCUT2D eigenvalue weighted by Crippen LogP contribution is -2.48. The predicted molar refractivity (Wildman–Crippen MR) is 74.0 cm³/mol. The van der Waals surface area contributed by atoms with E-state index in [4.69, 9.17) is 9.84 Å². The van der Waals surface area contributed by atoms with E-state index in [0.29, 0.717) is 24.5 Å². The van der Waals surface area contributed by atoms with Crippen molar-refractivity contribution in [2.24, 2.45) is 0 Å². The summed E-state index contributed by atoms with van der Waals surface area (Å²) in [6.07, 6.45) is 0.672. The van der Waals surface area contributed by atoms with Crippen LogP contribution in [0.4, 0.5) is 0 Å². The molecule has 1 aromatic carbocycles. The molecule has 0 bridgehead atoms. The fourth-order valence-electron chi connectivity index (χ4n) is 2.61. The van der Waals surface area contributed by atoms with Gasteiger partial charge in [0.1, 0.15) is 11.8 Å². The molecule has 6 heteroatoms. The van der Waals surface area contributed by atoms with Crippen LogP contribution in [0.25, 0.3) is 0 Å². The molecule has 106 valence electrons. The highest BCUT2D eigenvalue weighted by molar-refractivity contribution is 7.99. The van der Waals surface area contributed by atoms with Gasteiger partial charge in [0.2, 0.25) is 0 Å². The average Bonchev–Trinajstić information content (AvgIpc) is 2.95. The fourth-order valence-corrected chi connectivity index (χ4v) is 3.59. The number of benzene rings is 1. The zero-order valence-corrected chi connectivity index (χ0v) is 11.6. The van der Waals surface area contributed by atoms with Crippen molar-refractivity contribution in [3.05, 3.63) is 24.3 Å². The molecule has 3 rings (SSSR count). The van der Waals surface area contributed by atoms with Crippen molar-refractivity contribution in [2.75, 3.05) is 12.3 Å². The maximum absolute atomic E-state index is 12.4. The number of carboxylic acids is 1. The van der Waals surface area contributed by atoms with Crippen LogP contribution < -0.4 is 4.74 Å². The van der Waals surface area contributed by atoms with E-state index in [0.717, 1.165) is 11.3 Å². The topological polar surface area (TPSA) is 66.8 Å². The predicted octanol–water partition coefficient (Wildman–Crippen LogP) is 1.62. The molecule has 1 saturated heterocycles. The number of aliphatic carboxylic acids is 1. The molecule has 2 heterocycles. The number of fused-ring (bicyclic) bond motifs is 1. The number of hydrogen-bond acceptors (Lipinski definition) is 4. The van der Waals surface area contributed by atoms with E-state index in [1.54, 1.807) is 11.8 Å². The Hall–Kier alpha value is -1.69. The second-order valence-electron chi connectivity index (χ2n) is 4.89. The lowest BCUT2D eigenvalue weighted by Gasteiger charge is -2.30. The Morgan fingerprint density at radius 3 is 2.95 bits per heavy atom. The number of carboxylic acid groups (broad SMARTS) is 1. The van der Waals surface area contributed by atoms with Crippen LogP contribution in [-0.2, 0) is 9.59 Å². The molecule has 0 saturated carbocycles. The summed E-state index contributed by atoms with van der Waals surface area (Å²) in [5, 5.41) is 9.15. The average molecular weight is 293 g/mol. The van der Waals surface area contributed by atoms with Gasteiger partial charge in [0.05, 0.1) is 0 Å². The Bertz CT molecular complexity index is 548. The molecule has 1 aromatic rings. The Morgan fingerprint density at radius 2 is 2.15 bits per heavy atom. The number of rotatable bonds is 2. The number of para-hydroxylation sites is 1. The number of thioether (sulfide) groups is 1. The number of ether oxygens (including phenoxy) is 1. The van der Waals surface area contributed by atoms with Gasteiger partial charge in [0.15, 0.2) is 6.10 Å². The SMILES string of the molecule is O=C(O)C1CCCN1C(=O)C1CSc2ccccc2O1. The van der Waals surface area contributed by atoms with E-state index in [1.807, 2.05) is 24.3 Å². The van der Waals surface area contributed by atoms with Gasteiger partial charge in [-0.25, -0.2) is 4.79 Å². The summed E-state index contributed by atoms with van der Waals surface area (Å²) < 4.78 is 5.73. The van der Waals surface area contributed by atoms with E-state index in [9.17, 15) is 9.59 Å². The first-order valence-corrected chi connectivity index (χ1v) is 7.57. The summed E-state index contributed by atoms with van der Waals surface area (Å²) in [5.41, 5.74) is 0. The first-order chi connectivity index (χ1) is 9.66. The molecule has 5 nitrogen and oxygen atoms in total. The fraction of sp³-hybridized carbons (Fsp3) is 0.429. The Kier molecular flexibility index (Phi) is 3.56. The van der Waals surface area contributed by atoms with Crippen LogP contribution in [-0.4, -0.2) is 46.3 Å². The van der Waals surface area contributed by atoms with Gasteiger partial charge in [-0.2, -0.15) is 0 Å². The molecule has 0 radical (unpaired) electrons. The van der Waals surface area contributed by atoms with E-state index in [-0.39, 0.29) is 5.91 Å². The van der Waals surface area contributed by atoms with Gasteiger partial charge in [0, 0.05) is 17.2 Å². The molecule has 0 aromatic heterocycles. The van der Waals surface area contributed by atoms with Crippen molar-refractivity contribution in [3.63, 3.8) is 0 Å². The summed E-state index contributed by atoms with van der Waals surface area (Å²) in [6.45, 7) is 0.502. The standard InChI is InChI=1S/C14H15NO4S/c16-13(15-7-3-4-9(15)14(17)18)11-8-20-12-6-2-1-5-10(12)19-11/h1-2,5-6,9,11H,3-4,7-8H2,(H,17,18). The van der Waals surface area contributed by atoms with Crippen LogP contribution in [0.1, 0.15) is 12.8 Å². The van der Waals surface area contributed by atoms with Gasteiger partial charge in [0.25, 0.3) is 5.91 Å². The van der Waals surface area contributed by atoms with Gasteiger partial charge in [-0.15, -0.1) is 11.8 Å². The van der Waals surface area contributed by atoms with Gasteiger partial charge in [-0.3, -0.25) is 4.79 Å². The monoisotopic (exact) mass is 293 g/mol. The van der Waals surface area contributed by atoms with Gasteiger partial charge in [-0.05, 0) is 25.0 Å². The Morgan fingerprint density at radius 1 is 1.35 bits per heavy atom. The third-order valence-electron chi connectivity index (χ3n) is 3.60. The highest BCUT2D eigenvalue weighted by atomic mass is 32.2. The first-order valence-electron chi connectivity index (χ1n) is 6.58. The molecular weight excluding hydrogens is 278 g/mol. The molecule has 2 aliphatic heterocycles. The molecule has 2 unspecified atom stereocenters. The third kappa shape index (κ3) is 2.35. The summed E-state index contributed by atoms with van der Waals surface area (Å²) in [6, 6.07) is 6.88. The molecule has 2 atom stereocenters. The molecule has 1 N–H and O–H groups in total. The van der Waals surface area contributed by atoms with Crippen molar-refractivity contribution in [3.8, 4) is 5.75 Å². The van der Waals surface area contributed by atoms with Gasteiger partial charge < -0.3 is 14.7 Å². The number of hydrogen-bond donors (Lipinski definition) is 1. The molecule has 1 fully saturated rings. The molecule has 1 amide bonds. The van der Waals surface area contributed by atoms with Crippen LogP contribution in [0.5, 0.6) is 5.75 Å². The van der Waals surface area contributed by atoms with Crippen molar-refractivity contribution in [1.82, 2.24) is 4.90 Å². The van der Waals surface area contributed by atoms with E-state index in [1.165, 1.54) is 4.90 Å². The van der Waals surface area contributed by atoms with Crippen LogP contribution in [0.3, 0.4) is 0 Å². The summed E-state index contributed by atoms with van der Waals surface area (Å²) >= 11 is 1.57. The smallest absolute Gasteiger partial charge is 0.326 e. The van der Waals surface area contributed by atoms with E-state index < -0.39 is 18.1 Å². The zero-order valence-electron chi connectivity index (χ0n) is 10.8. The van der Waals surface area contributed by atoms with Crippen LogP contribution in [0, 0.1) is 0 Å². The minimum absolute atomic E-state index is 0.211. The normalized spacial score (nSPS) is 24.9. The molecule has 0 aliphatic carbocycles. The van der Waals surface area contributed by atoms with Crippen molar-refractivity contribution < 1.29 is 19.4 Å². The van der Waals surface area contributed by atoms with E-state index in [2.05, 4.69) is 0 Å². The third-order valence-corrected chi connectivity index (χ3v) is 4.72. The first kappa shape index (κ1) is 13.3. The zero-order chi connectivity index (χ0) is 14.1. The highest BCUT2D eigenvalue weighted by Gasteiger charge is 2.39. The minimum Gasteiger partial charge on any atom is -0.480 e. The van der Waals surface area contributed by atoms with Crippen molar-refractivity contribution >= 4 is 23.6 Å². The lowest BCUT2D eigenvalue weighted by atomic mass is 10.2. The highest BCUT2D eigenvalue weighted by Crippen LogP contribution is 2.35. The number of carbonyl (C=O) groups is 2. The summed E-state index contributed by atoms with van der Waals surface area (Å²) in [7, 11) is 0. The number of nitrogens with zero attached hydrogens (tertiary/aromatic N) is 1. The van der Waals surface area contributed by atoms with Crippen LogP contribution >= 0.6 is 11.8 Å². The van der Waals surface area contributed by atoms with Crippen molar-refractivity contribution in [1.29, 1.82) is 0 Å². The van der Waals surface area contributed by atoms with Gasteiger partial charge in [-0.1, -0.05) is 12.1 Å². The molecular formula is C14H15NO4S. The number of amides is 1. The Balaban J connectivity index is 1.74.